The van der Waals surface area contributed by atoms with Crippen LogP contribution in [-0.2, 0) is 9.53 Å². The number of hydrogen-bond donors (Lipinski definition) is 1. The Labute approximate surface area is 141 Å². The molecule has 0 aromatic heterocycles. The number of nitrogens with zero attached hydrogens (tertiary/aromatic N) is 1. The predicted molar refractivity (Wildman–Crippen MR) is 92.3 cm³/mol. The van der Waals surface area contributed by atoms with Crippen LogP contribution in [0.2, 0.25) is 0 Å². The van der Waals surface area contributed by atoms with E-state index in [4.69, 9.17) is 4.74 Å². The highest BCUT2D eigenvalue weighted by molar-refractivity contribution is 5.82. The molecule has 3 aliphatic rings. The molecule has 0 bridgehead atoms. The minimum Gasteiger partial charge on any atom is -0.381 e. The first kappa shape index (κ1) is 17.2. The van der Waals surface area contributed by atoms with Gasteiger partial charge in [0.05, 0.1) is 6.04 Å². The highest BCUT2D eigenvalue weighted by Crippen LogP contribution is 2.46. The lowest BCUT2D eigenvalue weighted by atomic mass is 9.77. The molecule has 132 valence electrons. The summed E-state index contributed by atoms with van der Waals surface area (Å²) in [6.45, 7) is 7.91. The van der Waals surface area contributed by atoms with Gasteiger partial charge in [-0.05, 0) is 49.9 Å². The fourth-order valence-electron chi connectivity index (χ4n) is 4.69. The molecule has 4 heteroatoms. The predicted octanol–water partition coefficient (Wildman–Crippen LogP) is 2.96. The van der Waals surface area contributed by atoms with E-state index in [1.54, 1.807) is 0 Å². The second kappa shape index (κ2) is 7.52. The first-order valence-corrected chi connectivity index (χ1v) is 9.72. The average Bonchev–Trinajstić information content (AvgIpc) is 3.01. The molecule has 2 aliphatic heterocycles. The quantitative estimate of drug-likeness (QED) is 0.865. The van der Waals surface area contributed by atoms with Gasteiger partial charge in [0.15, 0.2) is 0 Å². The van der Waals surface area contributed by atoms with Gasteiger partial charge in [-0.2, -0.15) is 0 Å². The molecule has 0 aromatic rings. The van der Waals surface area contributed by atoms with E-state index in [0.29, 0.717) is 23.3 Å². The Kier molecular flexibility index (Phi) is 5.63. The lowest BCUT2D eigenvalue weighted by Crippen LogP contribution is -2.55. The van der Waals surface area contributed by atoms with Crippen molar-refractivity contribution in [2.75, 3.05) is 26.3 Å². The van der Waals surface area contributed by atoms with Crippen molar-refractivity contribution in [3.05, 3.63) is 0 Å². The monoisotopic (exact) mass is 322 g/mol. The molecule has 2 heterocycles. The van der Waals surface area contributed by atoms with E-state index in [9.17, 15) is 4.79 Å². The summed E-state index contributed by atoms with van der Waals surface area (Å²) in [7, 11) is 0. The maximum atomic E-state index is 13.0. The molecule has 23 heavy (non-hydrogen) atoms. The molecule has 1 saturated carbocycles. The summed E-state index contributed by atoms with van der Waals surface area (Å²) in [5.41, 5.74) is 0.582. The topological polar surface area (TPSA) is 41.6 Å². The first-order chi connectivity index (χ1) is 11.1. The largest absolute Gasteiger partial charge is 0.381 e. The molecule has 1 amide bonds. The van der Waals surface area contributed by atoms with Crippen LogP contribution < -0.4 is 5.32 Å². The van der Waals surface area contributed by atoms with Gasteiger partial charge in [-0.1, -0.05) is 26.7 Å². The zero-order valence-corrected chi connectivity index (χ0v) is 15.0. The molecular formula is C19H34N2O2. The van der Waals surface area contributed by atoms with Gasteiger partial charge in [0.2, 0.25) is 5.91 Å². The number of ether oxygens (including phenoxy) is 1. The van der Waals surface area contributed by atoms with Crippen LogP contribution in [0.4, 0.5) is 0 Å². The van der Waals surface area contributed by atoms with Gasteiger partial charge in [0.25, 0.3) is 0 Å². The van der Waals surface area contributed by atoms with Crippen molar-refractivity contribution in [3.8, 4) is 0 Å². The third-order valence-corrected chi connectivity index (χ3v) is 6.37. The van der Waals surface area contributed by atoms with Gasteiger partial charge >= 0.3 is 0 Å². The summed E-state index contributed by atoms with van der Waals surface area (Å²) >= 11 is 0. The highest BCUT2D eigenvalue weighted by Gasteiger charge is 2.39. The van der Waals surface area contributed by atoms with Gasteiger partial charge in [-0.25, -0.2) is 0 Å². The van der Waals surface area contributed by atoms with Crippen molar-refractivity contribution in [1.29, 1.82) is 0 Å². The van der Waals surface area contributed by atoms with Crippen LogP contribution in [0.15, 0.2) is 0 Å². The van der Waals surface area contributed by atoms with E-state index in [-0.39, 0.29) is 6.04 Å². The highest BCUT2D eigenvalue weighted by atomic mass is 16.5. The second-order valence-corrected chi connectivity index (χ2v) is 8.31. The first-order valence-electron chi connectivity index (χ1n) is 9.72. The minimum atomic E-state index is -0.0317. The maximum Gasteiger partial charge on any atom is 0.239 e. The average molecular weight is 322 g/mol. The Morgan fingerprint density at radius 3 is 2.26 bits per heavy atom. The third-order valence-electron chi connectivity index (χ3n) is 6.37. The smallest absolute Gasteiger partial charge is 0.239 e. The van der Waals surface area contributed by atoms with E-state index in [2.05, 4.69) is 24.1 Å². The number of carbonyl (C=O) groups is 1. The zero-order chi connectivity index (χ0) is 16.3. The van der Waals surface area contributed by atoms with E-state index >= 15 is 0 Å². The molecule has 1 aliphatic carbocycles. The van der Waals surface area contributed by atoms with Gasteiger partial charge in [0.1, 0.15) is 0 Å². The van der Waals surface area contributed by atoms with E-state index < -0.39 is 0 Å². The van der Waals surface area contributed by atoms with E-state index in [1.165, 1.54) is 38.5 Å². The summed E-state index contributed by atoms with van der Waals surface area (Å²) in [6, 6.07) is 0.404. The Balaban J connectivity index is 1.55. The van der Waals surface area contributed by atoms with Crippen LogP contribution in [-0.4, -0.2) is 49.2 Å². The summed E-state index contributed by atoms with van der Waals surface area (Å²) in [6.07, 6.45) is 10.1. The number of hydrogen-bond acceptors (Lipinski definition) is 3. The summed E-state index contributed by atoms with van der Waals surface area (Å²) < 4.78 is 5.44. The van der Waals surface area contributed by atoms with Crippen molar-refractivity contribution < 1.29 is 9.53 Å². The standard InChI is InChI=1S/C19H34N2O2/c1-15(2)17(20-16-5-13-23-14-6-16)18(22)21-11-9-19(10-12-21)7-3-4-8-19/h15-17,20H,3-14H2,1-2H3/t17-/m0/s1. The van der Waals surface area contributed by atoms with Crippen LogP contribution in [0, 0.1) is 11.3 Å². The Hall–Kier alpha value is -0.610. The van der Waals surface area contributed by atoms with E-state index in [0.717, 1.165) is 39.1 Å². The van der Waals surface area contributed by atoms with Crippen LogP contribution in [0.3, 0.4) is 0 Å². The van der Waals surface area contributed by atoms with Crippen LogP contribution in [0.5, 0.6) is 0 Å². The van der Waals surface area contributed by atoms with Crippen molar-refractivity contribution in [3.63, 3.8) is 0 Å². The molecule has 3 rings (SSSR count). The number of piperidine rings is 1. The molecule has 1 N–H and O–H groups in total. The Morgan fingerprint density at radius 2 is 1.70 bits per heavy atom. The van der Waals surface area contributed by atoms with Gasteiger partial charge in [-0.3, -0.25) is 4.79 Å². The molecule has 1 spiro atoms. The normalized spacial score (nSPS) is 26.8. The number of carbonyl (C=O) groups excluding carboxylic acids is 1. The van der Waals surface area contributed by atoms with Gasteiger partial charge < -0.3 is 15.0 Å². The summed E-state index contributed by atoms with van der Waals surface area (Å²) in [4.78, 5) is 15.2. The molecule has 0 radical (unpaired) electrons. The summed E-state index contributed by atoms with van der Waals surface area (Å²) in [5, 5.41) is 3.64. The molecule has 4 nitrogen and oxygen atoms in total. The van der Waals surface area contributed by atoms with Crippen LogP contribution in [0.1, 0.15) is 65.2 Å². The molecule has 0 aromatic carbocycles. The molecule has 0 unspecified atom stereocenters. The lowest BCUT2D eigenvalue weighted by Gasteiger charge is -2.41. The minimum absolute atomic E-state index is 0.0317. The Bertz CT molecular complexity index is 388. The number of likely N-dealkylation sites (tertiary alicyclic amines) is 1. The Morgan fingerprint density at radius 1 is 1.09 bits per heavy atom. The van der Waals surface area contributed by atoms with E-state index in [1.807, 2.05) is 0 Å². The molecule has 3 fully saturated rings. The summed E-state index contributed by atoms with van der Waals surface area (Å²) in [5.74, 6) is 0.673. The maximum absolute atomic E-state index is 13.0. The van der Waals surface area contributed by atoms with Crippen molar-refractivity contribution >= 4 is 5.91 Å². The fourth-order valence-corrected chi connectivity index (χ4v) is 4.69. The SMILES string of the molecule is CC(C)[C@H](NC1CCOCC1)C(=O)N1CCC2(CCCC2)CC1. The molecule has 2 saturated heterocycles. The van der Waals surface area contributed by atoms with Crippen LogP contribution in [0.25, 0.3) is 0 Å². The second-order valence-electron chi connectivity index (χ2n) is 8.31. The fraction of sp³-hybridized carbons (Fsp3) is 0.947. The molecular weight excluding hydrogens is 288 g/mol. The van der Waals surface area contributed by atoms with Crippen molar-refractivity contribution in [2.24, 2.45) is 11.3 Å². The van der Waals surface area contributed by atoms with Gasteiger partial charge in [-0.15, -0.1) is 0 Å². The lowest BCUT2D eigenvalue weighted by molar-refractivity contribution is -0.137. The number of amides is 1. The van der Waals surface area contributed by atoms with Crippen molar-refractivity contribution in [2.45, 2.75) is 77.3 Å². The zero-order valence-electron chi connectivity index (χ0n) is 15.0. The number of nitrogens with one attached hydrogen (secondary N) is 1. The third kappa shape index (κ3) is 4.08. The van der Waals surface area contributed by atoms with Gasteiger partial charge in [0, 0.05) is 32.3 Å². The molecule has 1 atom stereocenters. The number of rotatable bonds is 4. The van der Waals surface area contributed by atoms with Crippen molar-refractivity contribution in [1.82, 2.24) is 10.2 Å². The van der Waals surface area contributed by atoms with Crippen LogP contribution >= 0.6 is 0 Å².